The summed E-state index contributed by atoms with van der Waals surface area (Å²) >= 11 is 4.85. The summed E-state index contributed by atoms with van der Waals surface area (Å²) in [7, 11) is 1.58. The fraction of sp³-hybridized carbons (Fsp3) is 0.258. The Morgan fingerprint density at radius 2 is 1.93 bits per heavy atom. The highest BCUT2D eigenvalue weighted by molar-refractivity contribution is 9.10. The van der Waals surface area contributed by atoms with Crippen LogP contribution in [0.25, 0.3) is 11.8 Å². The number of thiazole rings is 1. The Balaban J connectivity index is 1.56. The number of ether oxygens (including phenoxy) is 3. The topological polar surface area (TPSA) is 95.5 Å². The number of furan rings is 1. The normalized spacial score (nSPS) is 17.2. The standard InChI is InChI=1S/C31H28BrN3O6S/c1-3-40-30(37)25-26(19-8-5-4-6-9-19)33-31-35(27(25)20-10-7-11-21(16-20)38-2)28(36)24(42-31)18-22-17-23(32)29(41-22)34-12-14-39-15-13-34/h4-11,16-18,27H,3,12-15H2,1-2H3/b24-18+/t27-/m0/s1. The van der Waals surface area contributed by atoms with Crippen LogP contribution in [-0.2, 0) is 14.3 Å². The zero-order valence-corrected chi connectivity index (χ0v) is 25.4. The van der Waals surface area contributed by atoms with Gasteiger partial charge in [0.2, 0.25) is 5.88 Å². The van der Waals surface area contributed by atoms with Gasteiger partial charge in [-0.2, -0.15) is 0 Å². The van der Waals surface area contributed by atoms with Crippen LogP contribution in [0.1, 0.15) is 29.9 Å². The van der Waals surface area contributed by atoms with E-state index in [9.17, 15) is 9.59 Å². The third-order valence-electron chi connectivity index (χ3n) is 7.04. The molecule has 4 aromatic rings. The lowest BCUT2D eigenvalue weighted by molar-refractivity contribution is -0.138. The highest BCUT2D eigenvalue weighted by Crippen LogP contribution is 2.36. The minimum absolute atomic E-state index is 0.179. The number of benzene rings is 2. The van der Waals surface area contributed by atoms with Crippen molar-refractivity contribution < 1.29 is 23.4 Å². The van der Waals surface area contributed by atoms with Crippen molar-refractivity contribution >= 4 is 50.9 Å². The van der Waals surface area contributed by atoms with Gasteiger partial charge >= 0.3 is 5.97 Å². The van der Waals surface area contributed by atoms with Crippen LogP contribution in [0.4, 0.5) is 5.88 Å². The number of methoxy groups -OCH3 is 1. The van der Waals surface area contributed by atoms with E-state index in [1.54, 1.807) is 24.7 Å². The van der Waals surface area contributed by atoms with Crippen LogP contribution in [0, 0.1) is 0 Å². The molecule has 0 radical (unpaired) electrons. The number of hydrogen-bond donors (Lipinski definition) is 0. The van der Waals surface area contributed by atoms with Gasteiger partial charge in [0, 0.05) is 30.8 Å². The van der Waals surface area contributed by atoms with Crippen LogP contribution >= 0.6 is 27.3 Å². The first-order valence-electron chi connectivity index (χ1n) is 13.5. The molecule has 11 heteroatoms. The van der Waals surface area contributed by atoms with E-state index < -0.39 is 12.0 Å². The first-order chi connectivity index (χ1) is 20.5. The van der Waals surface area contributed by atoms with Gasteiger partial charge in [-0.05, 0) is 40.5 Å². The van der Waals surface area contributed by atoms with Gasteiger partial charge in [0.05, 0.1) is 53.2 Å². The number of carbonyl (C=O) groups excluding carboxylic acids is 1. The van der Waals surface area contributed by atoms with Gasteiger partial charge in [-0.1, -0.05) is 53.8 Å². The van der Waals surface area contributed by atoms with Gasteiger partial charge < -0.3 is 23.5 Å². The lowest BCUT2D eigenvalue weighted by Crippen LogP contribution is -2.40. The summed E-state index contributed by atoms with van der Waals surface area (Å²) < 4.78 is 25.4. The molecule has 0 N–H and O–H groups in total. The van der Waals surface area contributed by atoms with E-state index in [2.05, 4.69) is 20.8 Å². The molecule has 0 spiro atoms. The first-order valence-corrected chi connectivity index (χ1v) is 15.1. The molecule has 2 aliphatic heterocycles. The maximum absolute atomic E-state index is 14.1. The SMILES string of the molecule is CCOC(=O)C1=C(c2ccccc2)N=c2s/c(=C/c3cc(Br)c(N4CCOCC4)o3)c(=O)n2[C@H]1c1cccc(OC)c1. The monoisotopic (exact) mass is 649 g/mol. The first kappa shape index (κ1) is 28.2. The molecule has 1 saturated heterocycles. The van der Waals surface area contributed by atoms with E-state index in [0.717, 1.165) is 10.0 Å². The Morgan fingerprint density at radius 1 is 1.14 bits per heavy atom. The van der Waals surface area contributed by atoms with Crippen LogP contribution in [-0.4, -0.2) is 50.6 Å². The number of halogens is 1. The smallest absolute Gasteiger partial charge is 0.338 e. The summed E-state index contributed by atoms with van der Waals surface area (Å²) in [6.45, 7) is 4.61. The molecule has 0 bridgehead atoms. The molecule has 6 rings (SSSR count). The fourth-order valence-corrected chi connectivity index (χ4v) is 6.66. The molecular weight excluding hydrogens is 622 g/mol. The van der Waals surface area contributed by atoms with E-state index in [0.29, 0.717) is 64.3 Å². The predicted molar refractivity (Wildman–Crippen MR) is 163 cm³/mol. The molecule has 42 heavy (non-hydrogen) atoms. The number of nitrogens with zero attached hydrogens (tertiary/aromatic N) is 3. The molecule has 2 aromatic heterocycles. The van der Waals surface area contributed by atoms with Gasteiger partial charge in [0.1, 0.15) is 11.5 Å². The van der Waals surface area contributed by atoms with Crippen molar-refractivity contribution in [2.75, 3.05) is 44.9 Å². The van der Waals surface area contributed by atoms with Crippen LogP contribution in [0.5, 0.6) is 5.75 Å². The second-order valence-electron chi connectivity index (χ2n) is 9.61. The predicted octanol–water partition coefficient (Wildman–Crippen LogP) is 4.14. The number of rotatable bonds is 7. The Kier molecular flexibility index (Phi) is 8.14. The maximum atomic E-state index is 14.1. The Hall–Kier alpha value is -3.93. The number of carbonyl (C=O) groups is 1. The second-order valence-corrected chi connectivity index (χ2v) is 11.5. The lowest BCUT2D eigenvalue weighted by Gasteiger charge is -2.26. The van der Waals surface area contributed by atoms with E-state index in [1.807, 2.05) is 60.7 Å². The van der Waals surface area contributed by atoms with Crippen LogP contribution in [0.15, 0.2) is 84.9 Å². The highest BCUT2D eigenvalue weighted by Gasteiger charge is 2.35. The number of fused-ring (bicyclic) bond motifs is 1. The summed E-state index contributed by atoms with van der Waals surface area (Å²) in [5.74, 6) is 1.29. The van der Waals surface area contributed by atoms with E-state index in [-0.39, 0.29) is 17.7 Å². The van der Waals surface area contributed by atoms with Crippen molar-refractivity contribution in [2.45, 2.75) is 13.0 Å². The Labute approximate surface area is 254 Å². The molecule has 0 aliphatic carbocycles. The van der Waals surface area contributed by atoms with Crippen molar-refractivity contribution in [3.8, 4) is 5.75 Å². The van der Waals surface area contributed by atoms with Crippen molar-refractivity contribution in [3.05, 3.63) is 107 Å². The summed E-state index contributed by atoms with van der Waals surface area (Å²) in [6, 6.07) is 17.9. The zero-order valence-electron chi connectivity index (χ0n) is 23.0. The Morgan fingerprint density at radius 3 is 2.67 bits per heavy atom. The molecule has 9 nitrogen and oxygen atoms in total. The lowest BCUT2D eigenvalue weighted by atomic mass is 9.93. The van der Waals surface area contributed by atoms with Gasteiger partial charge in [0.25, 0.3) is 5.56 Å². The molecule has 2 aliphatic rings. The molecular formula is C31H28BrN3O6S. The molecule has 2 aromatic carbocycles. The van der Waals surface area contributed by atoms with E-state index >= 15 is 0 Å². The molecule has 4 heterocycles. The average molecular weight is 651 g/mol. The number of hydrogen-bond acceptors (Lipinski definition) is 9. The molecule has 0 unspecified atom stereocenters. The molecule has 0 amide bonds. The Bertz CT molecular complexity index is 1840. The number of aromatic nitrogens is 1. The minimum atomic E-state index is -0.792. The average Bonchev–Trinajstić information content (AvgIpc) is 3.55. The van der Waals surface area contributed by atoms with Crippen LogP contribution in [0.2, 0.25) is 0 Å². The fourth-order valence-electron chi connectivity index (χ4n) is 5.13. The second kappa shape index (κ2) is 12.1. The number of esters is 1. The maximum Gasteiger partial charge on any atom is 0.338 e. The van der Waals surface area contributed by atoms with Crippen LogP contribution < -0.4 is 24.5 Å². The highest BCUT2D eigenvalue weighted by atomic mass is 79.9. The molecule has 0 saturated carbocycles. The van der Waals surface area contributed by atoms with E-state index in [4.69, 9.17) is 23.6 Å². The van der Waals surface area contributed by atoms with E-state index in [1.165, 1.54) is 11.3 Å². The van der Waals surface area contributed by atoms with Crippen molar-refractivity contribution in [1.29, 1.82) is 0 Å². The number of anilines is 1. The minimum Gasteiger partial charge on any atom is -0.497 e. The van der Waals surface area contributed by atoms with Gasteiger partial charge in [-0.25, -0.2) is 9.79 Å². The van der Waals surface area contributed by atoms with Gasteiger partial charge in [-0.15, -0.1) is 0 Å². The summed E-state index contributed by atoms with van der Waals surface area (Å²) in [4.78, 5) is 35.2. The number of morpholine rings is 1. The van der Waals surface area contributed by atoms with Crippen molar-refractivity contribution in [1.82, 2.24) is 4.57 Å². The third kappa shape index (κ3) is 5.35. The molecule has 216 valence electrons. The van der Waals surface area contributed by atoms with Gasteiger partial charge in [0.15, 0.2) is 4.80 Å². The zero-order chi connectivity index (χ0) is 29.2. The molecule has 1 atom stereocenters. The third-order valence-corrected chi connectivity index (χ3v) is 8.59. The van der Waals surface area contributed by atoms with Gasteiger partial charge in [-0.3, -0.25) is 9.36 Å². The van der Waals surface area contributed by atoms with Crippen molar-refractivity contribution in [3.63, 3.8) is 0 Å². The summed E-state index contributed by atoms with van der Waals surface area (Å²) in [5.41, 5.74) is 1.90. The summed E-state index contributed by atoms with van der Waals surface area (Å²) in [6.07, 6.45) is 1.72. The largest absolute Gasteiger partial charge is 0.497 e. The summed E-state index contributed by atoms with van der Waals surface area (Å²) in [5, 5.41) is 0. The van der Waals surface area contributed by atoms with Crippen molar-refractivity contribution in [2.24, 2.45) is 4.99 Å². The quantitative estimate of drug-likeness (QED) is 0.278. The van der Waals surface area contributed by atoms with Crippen LogP contribution in [0.3, 0.4) is 0 Å². The molecule has 1 fully saturated rings.